The Labute approximate surface area is 245 Å². The molecule has 0 spiro atoms. The van der Waals surface area contributed by atoms with Crippen molar-refractivity contribution in [1.29, 1.82) is 0 Å². The highest BCUT2D eigenvalue weighted by atomic mass is 35.5. The number of amides is 3. The molecule has 1 aromatic heterocycles. The standard InChI is InChI=1S/C32H23ClN6O3/c33-24-17-9-7-15-22(24)30(40)35-27-19-26(38-39(27)21-13-5-2-6-14-21)31(41)37-29-32(42)34-25-18-10-8-16-23(25)28(36-29)20-11-3-1-4-12-20/h1-19,29H,(H,34,42)(H,35,40)(H,37,41). The van der Waals surface area contributed by atoms with Crippen LogP contribution in [-0.4, -0.2) is 39.4 Å². The van der Waals surface area contributed by atoms with Crippen LogP contribution in [0.2, 0.25) is 5.02 Å². The van der Waals surface area contributed by atoms with Crippen LogP contribution in [0, 0.1) is 0 Å². The molecule has 206 valence electrons. The van der Waals surface area contributed by atoms with Crippen molar-refractivity contribution < 1.29 is 14.4 Å². The van der Waals surface area contributed by atoms with Crippen LogP contribution >= 0.6 is 11.6 Å². The van der Waals surface area contributed by atoms with Crippen molar-refractivity contribution in [2.75, 3.05) is 10.6 Å². The van der Waals surface area contributed by atoms with Crippen LogP contribution in [0.3, 0.4) is 0 Å². The van der Waals surface area contributed by atoms with Crippen molar-refractivity contribution in [2.45, 2.75) is 6.17 Å². The van der Waals surface area contributed by atoms with Crippen molar-refractivity contribution in [2.24, 2.45) is 4.99 Å². The third-order valence-corrected chi connectivity index (χ3v) is 6.89. The van der Waals surface area contributed by atoms with E-state index in [1.54, 1.807) is 42.5 Å². The summed E-state index contributed by atoms with van der Waals surface area (Å²) in [5.41, 5.74) is 3.50. The largest absolute Gasteiger partial charge is 0.322 e. The van der Waals surface area contributed by atoms with E-state index >= 15 is 0 Å². The quantitative estimate of drug-likeness (QED) is 0.254. The summed E-state index contributed by atoms with van der Waals surface area (Å²) < 4.78 is 1.44. The zero-order chi connectivity index (χ0) is 29.1. The number of hydrogen-bond donors (Lipinski definition) is 3. The minimum Gasteiger partial charge on any atom is -0.322 e. The lowest BCUT2D eigenvalue weighted by Gasteiger charge is -2.12. The molecule has 1 unspecified atom stereocenters. The lowest BCUT2D eigenvalue weighted by molar-refractivity contribution is -0.117. The lowest BCUT2D eigenvalue weighted by atomic mass is 10.0. The number of para-hydroxylation sites is 2. The molecule has 0 saturated heterocycles. The SMILES string of the molecule is O=C(NC1N=C(c2ccccc2)c2ccccc2NC1=O)c1cc(NC(=O)c2ccccc2Cl)n(-c2ccccc2)n1. The number of carbonyl (C=O) groups excluding carboxylic acids is 3. The van der Waals surface area contributed by atoms with Crippen LogP contribution < -0.4 is 16.0 Å². The summed E-state index contributed by atoms with van der Waals surface area (Å²) in [7, 11) is 0. The second kappa shape index (κ2) is 11.5. The van der Waals surface area contributed by atoms with E-state index in [-0.39, 0.29) is 22.1 Å². The third-order valence-electron chi connectivity index (χ3n) is 6.56. The molecular weight excluding hydrogens is 552 g/mol. The van der Waals surface area contributed by atoms with Crippen LogP contribution in [-0.2, 0) is 4.79 Å². The number of hydrogen-bond acceptors (Lipinski definition) is 5. The van der Waals surface area contributed by atoms with Crippen molar-refractivity contribution in [3.8, 4) is 5.69 Å². The molecule has 2 heterocycles. The van der Waals surface area contributed by atoms with Crippen LogP contribution in [0.25, 0.3) is 5.69 Å². The summed E-state index contributed by atoms with van der Waals surface area (Å²) >= 11 is 6.23. The maximum absolute atomic E-state index is 13.5. The average molecular weight is 575 g/mol. The first-order chi connectivity index (χ1) is 20.5. The van der Waals surface area contributed by atoms with Crippen molar-refractivity contribution >= 4 is 46.5 Å². The van der Waals surface area contributed by atoms with E-state index < -0.39 is 23.9 Å². The Kier molecular flexibility index (Phi) is 7.32. The van der Waals surface area contributed by atoms with Gasteiger partial charge in [-0.25, -0.2) is 9.67 Å². The van der Waals surface area contributed by atoms with Gasteiger partial charge in [-0.05, 0) is 30.3 Å². The molecule has 3 N–H and O–H groups in total. The molecular formula is C32H23ClN6O3. The predicted octanol–water partition coefficient (Wildman–Crippen LogP) is 5.32. The van der Waals surface area contributed by atoms with E-state index in [2.05, 4.69) is 26.0 Å². The highest BCUT2D eigenvalue weighted by Gasteiger charge is 2.28. The Bertz CT molecular complexity index is 1840. The van der Waals surface area contributed by atoms with Gasteiger partial charge in [-0.3, -0.25) is 14.4 Å². The Morgan fingerprint density at radius 3 is 2.24 bits per heavy atom. The number of fused-ring (bicyclic) bond motifs is 1. The van der Waals surface area contributed by atoms with E-state index in [0.717, 1.165) is 11.1 Å². The van der Waals surface area contributed by atoms with Gasteiger partial charge in [0.15, 0.2) is 5.69 Å². The van der Waals surface area contributed by atoms with Gasteiger partial charge in [0, 0.05) is 17.2 Å². The molecule has 0 fully saturated rings. The molecule has 6 rings (SSSR count). The van der Waals surface area contributed by atoms with E-state index in [1.807, 2.05) is 66.7 Å². The predicted molar refractivity (Wildman–Crippen MR) is 161 cm³/mol. The maximum Gasteiger partial charge on any atom is 0.273 e. The van der Waals surface area contributed by atoms with Gasteiger partial charge < -0.3 is 16.0 Å². The zero-order valence-electron chi connectivity index (χ0n) is 22.0. The molecule has 1 aliphatic rings. The first-order valence-corrected chi connectivity index (χ1v) is 13.4. The second-order valence-electron chi connectivity index (χ2n) is 9.35. The smallest absolute Gasteiger partial charge is 0.273 e. The number of aromatic nitrogens is 2. The molecule has 1 atom stereocenters. The van der Waals surface area contributed by atoms with Crippen molar-refractivity contribution in [1.82, 2.24) is 15.1 Å². The van der Waals surface area contributed by atoms with Crippen molar-refractivity contribution in [3.05, 3.63) is 143 Å². The Morgan fingerprint density at radius 1 is 0.810 bits per heavy atom. The maximum atomic E-state index is 13.5. The fourth-order valence-corrected chi connectivity index (χ4v) is 4.78. The van der Waals surface area contributed by atoms with Gasteiger partial charge >= 0.3 is 0 Å². The molecule has 42 heavy (non-hydrogen) atoms. The average Bonchev–Trinajstić information content (AvgIpc) is 3.38. The fourth-order valence-electron chi connectivity index (χ4n) is 4.56. The van der Waals surface area contributed by atoms with E-state index in [0.29, 0.717) is 17.1 Å². The van der Waals surface area contributed by atoms with Gasteiger partial charge in [0.25, 0.3) is 17.7 Å². The molecule has 0 aliphatic carbocycles. The van der Waals surface area contributed by atoms with Crippen LogP contribution in [0.1, 0.15) is 32.0 Å². The number of benzene rings is 4. The number of halogens is 1. The molecule has 4 aromatic carbocycles. The van der Waals surface area contributed by atoms with Crippen LogP contribution in [0.5, 0.6) is 0 Å². The minimum absolute atomic E-state index is 0.0284. The summed E-state index contributed by atoms with van der Waals surface area (Å²) in [6, 6.07) is 33.8. The number of carbonyl (C=O) groups is 3. The van der Waals surface area contributed by atoms with E-state index in [4.69, 9.17) is 11.6 Å². The van der Waals surface area contributed by atoms with Crippen molar-refractivity contribution in [3.63, 3.8) is 0 Å². The Balaban J connectivity index is 1.34. The molecule has 3 amide bonds. The molecule has 0 radical (unpaired) electrons. The first-order valence-electron chi connectivity index (χ1n) is 13.0. The lowest BCUT2D eigenvalue weighted by Crippen LogP contribution is -2.42. The normalized spacial score (nSPS) is 14.2. The number of aliphatic imine (C=N–C) groups is 1. The summed E-state index contributed by atoms with van der Waals surface area (Å²) in [5, 5.41) is 13.1. The molecule has 0 saturated carbocycles. The van der Waals surface area contributed by atoms with E-state index in [9.17, 15) is 14.4 Å². The van der Waals surface area contributed by atoms with Gasteiger partial charge in [0.1, 0.15) is 5.82 Å². The number of rotatable bonds is 6. The van der Waals surface area contributed by atoms with Gasteiger partial charge in [-0.2, -0.15) is 5.10 Å². The van der Waals surface area contributed by atoms with Crippen LogP contribution in [0.4, 0.5) is 11.5 Å². The summed E-state index contributed by atoms with van der Waals surface area (Å²) in [5.74, 6) is -1.39. The zero-order valence-corrected chi connectivity index (χ0v) is 22.7. The van der Waals surface area contributed by atoms with E-state index in [1.165, 1.54) is 10.7 Å². The summed E-state index contributed by atoms with van der Waals surface area (Å²) in [6.07, 6.45) is -1.25. The third kappa shape index (κ3) is 5.41. The fraction of sp³-hybridized carbons (Fsp3) is 0.0312. The Hall–Kier alpha value is -5.54. The first kappa shape index (κ1) is 26.7. The van der Waals surface area contributed by atoms with Crippen LogP contribution in [0.15, 0.2) is 120 Å². The van der Waals surface area contributed by atoms with Gasteiger partial charge in [0.05, 0.1) is 27.7 Å². The molecule has 10 heteroatoms. The highest BCUT2D eigenvalue weighted by Crippen LogP contribution is 2.25. The topological polar surface area (TPSA) is 117 Å². The minimum atomic E-state index is -1.25. The van der Waals surface area contributed by atoms with Gasteiger partial charge in [-0.1, -0.05) is 90.5 Å². The number of anilines is 2. The van der Waals surface area contributed by atoms with Gasteiger partial charge in [0.2, 0.25) is 6.17 Å². The molecule has 9 nitrogen and oxygen atoms in total. The number of nitrogens with zero attached hydrogens (tertiary/aromatic N) is 3. The second-order valence-corrected chi connectivity index (χ2v) is 9.76. The number of nitrogens with one attached hydrogen (secondary N) is 3. The molecule has 5 aromatic rings. The molecule has 1 aliphatic heterocycles. The number of benzodiazepines with no additional fused rings is 1. The summed E-state index contributed by atoms with van der Waals surface area (Å²) in [4.78, 5) is 44.5. The molecule has 0 bridgehead atoms. The monoisotopic (exact) mass is 574 g/mol. The highest BCUT2D eigenvalue weighted by molar-refractivity contribution is 6.34. The van der Waals surface area contributed by atoms with Gasteiger partial charge in [-0.15, -0.1) is 0 Å². The Morgan fingerprint density at radius 2 is 1.48 bits per heavy atom. The summed E-state index contributed by atoms with van der Waals surface area (Å²) in [6.45, 7) is 0.